The Kier molecular flexibility index (Phi) is 4.76. The summed E-state index contributed by atoms with van der Waals surface area (Å²) in [6, 6.07) is 0.428. The SMILES string of the molecule is CSC1(CN2CCC(=O)C(C)C2C)CCCCC1. The molecule has 0 spiro atoms. The van der Waals surface area contributed by atoms with Crippen molar-refractivity contribution in [2.75, 3.05) is 19.3 Å². The van der Waals surface area contributed by atoms with Crippen LogP contribution in [0, 0.1) is 5.92 Å². The van der Waals surface area contributed by atoms with Gasteiger partial charge in [0.2, 0.25) is 0 Å². The summed E-state index contributed by atoms with van der Waals surface area (Å²) in [5.74, 6) is 0.682. The first-order valence-electron chi connectivity index (χ1n) is 7.40. The van der Waals surface area contributed by atoms with E-state index < -0.39 is 0 Å². The predicted molar refractivity (Wildman–Crippen MR) is 79.2 cm³/mol. The van der Waals surface area contributed by atoms with Gasteiger partial charge in [0.15, 0.2) is 0 Å². The molecule has 2 aliphatic rings. The highest BCUT2D eigenvalue weighted by Gasteiger charge is 2.38. The Morgan fingerprint density at radius 1 is 1.28 bits per heavy atom. The second kappa shape index (κ2) is 5.96. The highest BCUT2D eigenvalue weighted by molar-refractivity contribution is 8.00. The summed E-state index contributed by atoms with van der Waals surface area (Å²) in [7, 11) is 0. The normalized spacial score (nSPS) is 33.6. The quantitative estimate of drug-likeness (QED) is 0.783. The fraction of sp³-hybridized carbons (Fsp3) is 0.933. The summed E-state index contributed by atoms with van der Waals surface area (Å²) in [5.41, 5.74) is 0. The first-order chi connectivity index (χ1) is 8.58. The van der Waals surface area contributed by atoms with Gasteiger partial charge in [0.05, 0.1) is 0 Å². The van der Waals surface area contributed by atoms with Crippen molar-refractivity contribution in [2.45, 2.75) is 63.2 Å². The van der Waals surface area contributed by atoms with Crippen molar-refractivity contribution in [1.29, 1.82) is 0 Å². The van der Waals surface area contributed by atoms with Gasteiger partial charge < -0.3 is 0 Å². The van der Waals surface area contributed by atoms with Crippen molar-refractivity contribution in [3.05, 3.63) is 0 Å². The van der Waals surface area contributed by atoms with Crippen molar-refractivity contribution >= 4 is 17.5 Å². The van der Waals surface area contributed by atoms with Gasteiger partial charge in [-0.3, -0.25) is 9.69 Å². The van der Waals surface area contributed by atoms with Crippen LogP contribution in [0.15, 0.2) is 0 Å². The highest BCUT2D eigenvalue weighted by atomic mass is 32.2. The van der Waals surface area contributed by atoms with E-state index in [1.165, 1.54) is 38.6 Å². The zero-order valence-electron chi connectivity index (χ0n) is 12.1. The monoisotopic (exact) mass is 269 g/mol. The van der Waals surface area contributed by atoms with Crippen molar-refractivity contribution in [2.24, 2.45) is 5.92 Å². The molecule has 18 heavy (non-hydrogen) atoms. The number of nitrogens with zero attached hydrogens (tertiary/aromatic N) is 1. The van der Waals surface area contributed by atoms with E-state index in [0.717, 1.165) is 13.0 Å². The molecule has 0 aromatic heterocycles. The smallest absolute Gasteiger partial charge is 0.138 e. The first kappa shape index (κ1) is 14.4. The lowest BCUT2D eigenvalue weighted by atomic mass is 9.85. The number of ketones is 1. The summed E-state index contributed by atoms with van der Waals surface area (Å²) >= 11 is 2.06. The maximum Gasteiger partial charge on any atom is 0.138 e. The van der Waals surface area contributed by atoms with E-state index in [1.54, 1.807) is 0 Å². The molecule has 0 aromatic carbocycles. The van der Waals surface area contributed by atoms with Crippen LogP contribution in [0.25, 0.3) is 0 Å². The molecule has 0 aromatic rings. The summed E-state index contributed by atoms with van der Waals surface area (Å²) in [4.78, 5) is 14.3. The summed E-state index contributed by atoms with van der Waals surface area (Å²) in [5, 5.41) is 0. The predicted octanol–water partition coefficient (Wildman–Crippen LogP) is 3.35. The molecule has 1 saturated heterocycles. The van der Waals surface area contributed by atoms with E-state index in [4.69, 9.17) is 0 Å². The lowest BCUT2D eigenvalue weighted by molar-refractivity contribution is -0.128. The number of piperidine rings is 1. The molecule has 2 atom stereocenters. The molecule has 0 amide bonds. The number of hydrogen-bond donors (Lipinski definition) is 0. The van der Waals surface area contributed by atoms with Crippen LogP contribution in [-0.2, 0) is 4.79 Å². The Hall–Kier alpha value is -0.0200. The molecule has 1 aliphatic carbocycles. The maximum atomic E-state index is 11.8. The van der Waals surface area contributed by atoms with E-state index in [-0.39, 0.29) is 5.92 Å². The molecule has 1 saturated carbocycles. The summed E-state index contributed by atoms with van der Waals surface area (Å²) < 4.78 is 0.465. The van der Waals surface area contributed by atoms with Crippen LogP contribution in [0.1, 0.15) is 52.4 Å². The van der Waals surface area contributed by atoms with Gasteiger partial charge in [-0.2, -0.15) is 11.8 Å². The maximum absolute atomic E-state index is 11.8. The van der Waals surface area contributed by atoms with E-state index in [1.807, 2.05) is 0 Å². The van der Waals surface area contributed by atoms with Crippen LogP contribution >= 0.6 is 11.8 Å². The minimum Gasteiger partial charge on any atom is -0.299 e. The van der Waals surface area contributed by atoms with Crippen LogP contribution in [0.2, 0.25) is 0 Å². The number of carbonyl (C=O) groups is 1. The summed E-state index contributed by atoms with van der Waals surface area (Å²) in [6.45, 7) is 6.50. The molecule has 104 valence electrons. The Morgan fingerprint density at radius 3 is 2.56 bits per heavy atom. The van der Waals surface area contributed by atoms with Crippen LogP contribution in [-0.4, -0.2) is 40.8 Å². The zero-order chi connectivity index (χ0) is 13.2. The topological polar surface area (TPSA) is 20.3 Å². The summed E-state index contributed by atoms with van der Waals surface area (Å²) in [6.07, 6.45) is 9.94. The molecular formula is C15H27NOS. The van der Waals surface area contributed by atoms with Gasteiger partial charge in [-0.25, -0.2) is 0 Å². The van der Waals surface area contributed by atoms with Crippen LogP contribution in [0.3, 0.4) is 0 Å². The lowest BCUT2D eigenvalue weighted by Crippen LogP contribution is -2.52. The largest absolute Gasteiger partial charge is 0.299 e. The second-order valence-corrected chi connectivity index (χ2v) is 7.44. The average molecular weight is 269 g/mol. The van der Waals surface area contributed by atoms with Gasteiger partial charge in [-0.15, -0.1) is 0 Å². The molecule has 2 fully saturated rings. The number of likely N-dealkylation sites (tertiary alicyclic amines) is 1. The van der Waals surface area contributed by atoms with Crippen molar-refractivity contribution in [3.8, 4) is 0 Å². The van der Waals surface area contributed by atoms with Crippen LogP contribution in [0.4, 0.5) is 0 Å². The van der Waals surface area contributed by atoms with Crippen molar-refractivity contribution < 1.29 is 4.79 Å². The molecule has 2 rings (SSSR count). The Labute approximate surface area is 116 Å². The van der Waals surface area contributed by atoms with Crippen LogP contribution in [0.5, 0.6) is 0 Å². The van der Waals surface area contributed by atoms with Gasteiger partial charge in [-0.1, -0.05) is 26.2 Å². The molecule has 1 aliphatic heterocycles. The van der Waals surface area contributed by atoms with E-state index in [0.29, 0.717) is 16.6 Å². The molecule has 3 heteroatoms. The minimum absolute atomic E-state index is 0.223. The fourth-order valence-electron chi connectivity index (χ4n) is 3.49. The molecular weight excluding hydrogens is 242 g/mol. The minimum atomic E-state index is 0.223. The third kappa shape index (κ3) is 2.93. The zero-order valence-corrected chi connectivity index (χ0v) is 12.9. The molecule has 0 N–H and O–H groups in total. The Morgan fingerprint density at radius 2 is 1.94 bits per heavy atom. The number of rotatable bonds is 3. The lowest BCUT2D eigenvalue weighted by Gasteiger charge is -2.45. The molecule has 1 heterocycles. The third-order valence-corrected chi connectivity index (χ3v) is 6.55. The van der Waals surface area contributed by atoms with Gasteiger partial charge in [0, 0.05) is 36.2 Å². The van der Waals surface area contributed by atoms with E-state index in [9.17, 15) is 4.79 Å². The third-order valence-electron chi connectivity index (χ3n) is 5.14. The van der Waals surface area contributed by atoms with Crippen molar-refractivity contribution in [1.82, 2.24) is 4.90 Å². The fourth-order valence-corrected chi connectivity index (χ4v) is 4.48. The number of hydrogen-bond acceptors (Lipinski definition) is 3. The van der Waals surface area contributed by atoms with Gasteiger partial charge in [-0.05, 0) is 26.0 Å². The highest BCUT2D eigenvalue weighted by Crippen LogP contribution is 2.40. The van der Waals surface area contributed by atoms with Gasteiger partial charge >= 0.3 is 0 Å². The first-order valence-corrected chi connectivity index (χ1v) is 8.62. The molecule has 2 unspecified atom stereocenters. The van der Waals surface area contributed by atoms with Crippen molar-refractivity contribution in [3.63, 3.8) is 0 Å². The molecule has 2 nitrogen and oxygen atoms in total. The number of carbonyl (C=O) groups excluding carboxylic acids is 1. The molecule has 0 bridgehead atoms. The van der Waals surface area contributed by atoms with E-state index >= 15 is 0 Å². The van der Waals surface area contributed by atoms with Crippen LogP contribution < -0.4 is 0 Å². The second-order valence-electron chi connectivity index (χ2n) is 6.16. The standard InChI is InChI=1S/C15H27NOS/c1-12-13(2)16(10-7-14(12)17)11-15(18-3)8-5-4-6-9-15/h12-13H,4-11H2,1-3H3. The number of thioether (sulfide) groups is 1. The Bertz CT molecular complexity index is 299. The number of Topliss-reactive ketones (excluding diaryl/α,β-unsaturated/α-hetero) is 1. The Balaban J connectivity index is 2.01. The van der Waals surface area contributed by atoms with E-state index in [2.05, 4.69) is 36.8 Å². The molecule has 0 radical (unpaired) electrons. The average Bonchev–Trinajstić information content (AvgIpc) is 2.41. The van der Waals surface area contributed by atoms with Gasteiger partial charge in [0.1, 0.15) is 5.78 Å². The van der Waals surface area contributed by atoms with Gasteiger partial charge in [0.25, 0.3) is 0 Å².